The molecule has 1 amide bonds. The van der Waals surface area contributed by atoms with E-state index in [2.05, 4.69) is 25.0 Å². The Bertz CT molecular complexity index is 1720. The van der Waals surface area contributed by atoms with Gasteiger partial charge in [-0.05, 0) is 63.6 Å². The third-order valence-corrected chi connectivity index (χ3v) is 8.60. The second-order valence-electron chi connectivity index (χ2n) is 11.7. The maximum atomic E-state index is 13.9. The average molecular weight is 628 g/mol. The van der Waals surface area contributed by atoms with Gasteiger partial charge in [0.05, 0.1) is 37.0 Å². The Morgan fingerprint density at radius 2 is 1.82 bits per heavy atom. The minimum absolute atomic E-state index is 0.0377. The fourth-order valence-corrected chi connectivity index (χ4v) is 6.32. The van der Waals surface area contributed by atoms with E-state index in [1.165, 1.54) is 12.0 Å². The highest BCUT2D eigenvalue weighted by Gasteiger charge is 2.34. The number of carbonyl (C=O) groups excluding carboxylic acids is 1. The Balaban J connectivity index is 1.53. The molecule has 0 bridgehead atoms. The van der Waals surface area contributed by atoms with Gasteiger partial charge < -0.3 is 24.9 Å². The molecule has 5 rings (SSSR count). The van der Waals surface area contributed by atoms with E-state index < -0.39 is 12.7 Å². The number of allylic oxidation sites excluding steroid dienone is 3. The van der Waals surface area contributed by atoms with Gasteiger partial charge in [0, 0.05) is 73.7 Å². The van der Waals surface area contributed by atoms with Gasteiger partial charge in [-0.1, -0.05) is 0 Å². The number of rotatable bonds is 8. The number of ether oxygens (including phenoxy) is 1. The zero-order chi connectivity index (χ0) is 32.6. The molecule has 5 heterocycles. The summed E-state index contributed by atoms with van der Waals surface area (Å²) in [6.45, 7) is 8.19. The largest absolute Gasteiger partial charge is 0.496 e. The Morgan fingerprint density at radius 1 is 1.11 bits per heavy atom. The summed E-state index contributed by atoms with van der Waals surface area (Å²) in [5.41, 5.74) is 9.60. The molecule has 10 nitrogen and oxygen atoms in total. The number of pyridine rings is 2. The van der Waals surface area contributed by atoms with Crippen LogP contribution in [0.3, 0.4) is 0 Å². The molecular formula is C32H40F3N7O3. The number of alkyl halides is 3. The molecule has 0 spiro atoms. The summed E-state index contributed by atoms with van der Waals surface area (Å²) in [5, 5.41) is 4.83. The number of carbonyl (C=O) groups is 1. The highest BCUT2D eigenvalue weighted by Crippen LogP contribution is 2.34. The minimum Gasteiger partial charge on any atom is -0.496 e. The first-order valence-corrected chi connectivity index (χ1v) is 14.9. The van der Waals surface area contributed by atoms with Crippen LogP contribution in [0.2, 0.25) is 0 Å². The average Bonchev–Trinajstić information content (AvgIpc) is 3.38. The highest BCUT2D eigenvalue weighted by molar-refractivity contribution is 5.98. The van der Waals surface area contributed by atoms with E-state index in [-0.39, 0.29) is 24.1 Å². The Labute approximate surface area is 260 Å². The number of aromatic nitrogens is 2. The molecule has 45 heavy (non-hydrogen) atoms. The van der Waals surface area contributed by atoms with E-state index in [1.54, 1.807) is 13.0 Å². The zero-order valence-electron chi connectivity index (χ0n) is 26.4. The first-order chi connectivity index (χ1) is 21.3. The SMILES string of the molecule is COc1cc(C)[nH]c(=O)c1CNC(=O)c1cc2c(C3=CC=C(C)NN3C)ccn2c(C(C)N2CCN(CC(F)(F)F)CC2)c1C. The molecule has 0 aromatic carbocycles. The van der Waals surface area contributed by atoms with E-state index in [4.69, 9.17) is 4.74 Å². The molecule has 1 fully saturated rings. The maximum absolute atomic E-state index is 13.9. The predicted molar refractivity (Wildman–Crippen MR) is 167 cm³/mol. The predicted octanol–water partition coefficient (Wildman–Crippen LogP) is 4.12. The van der Waals surface area contributed by atoms with Crippen molar-refractivity contribution in [3.63, 3.8) is 0 Å². The van der Waals surface area contributed by atoms with Crippen LogP contribution in [-0.2, 0) is 6.54 Å². The van der Waals surface area contributed by atoms with Crippen LogP contribution in [0, 0.1) is 13.8 Å². The first-order valence-electron chi connectivity index (χ1n) is 14.9. The number of aryl methyl sites for hydroxylation is 1. The molecule has 3 N–H and O–H groups in total. The summed E-state index contributed by atoms with van der Waals surface area (Å²) in [6.07, 6.45) is 1.73. The number of hydrazine groups is 1. The van der Waals surface area contributed by atoms with Crippen molar-refractivity contribution in [3.05, 3.63) is 86.2 Å². The van der Waals surface area contributed by atoms with Crippen LogP contribution >= 0.6 is 0 Å². The van der Waals surface area contributed by atoms with Crippen molar-refractivity contribution < 1.29 is 22.7 Å². The molecule has 2 aliphatic heterocycles. The van der Waals surface area contributed by atoms with Gasteiger partial charge in [0.2, 0.25) is 0 Å². The maximum Gasteiger partial charge on any atom is 0.401 e. The second kappa shape index (κ2) is 12.6. The Morgan fingerprint density at radius 3 is 2.47 bits per heavy atom. The number of H-pyrrole nitrogens is 1. The summed E-state index contributed by atoms with van der Waals surface area (Å²) in [7, 11) is 3.40. The quantitative estimate of drug-likeness (QED) is 0.346. The molecule has 1 saturated heterocycles. The third kappa shape index (κ3) is 6.74. The number of nitrogens with one attached hydrogen (secondary N) is 3. The molecule has 1 unspecified atom stereocenters. The fraction of sp³-hybridized carbons (Fsp3) is 0.438. The van der Waals surface area contributed by atoms with Gasteiger partial charge in [-0.15, -0.1) is 0 Å². The molecule has 3 aromatic rings. The van der Waals surface area contributed by atoms with Crippen LogP contribution in [0.25, 0.3) is 11.2 Å². The number of hydrogen-bond acceptors (Lipinski definition) is 7. The third-order valence-electron chi connectivity index (χ3n) is 8.60. The zero-order valence-corrected chi connectivity index (χ0v) is 26.4. The number of piperazine rings is 1. The summed E-state index contributed by atoms with van der Waals surface area (Å²) in [5.74, 6) is 0.0344. The summed E-state index contributed by atoms with van der Waals surface area (Å²) < 4.78 is 46.6. The standard InChI is InChI=1S/C32H40F3N7O3/c1-19-7-8-26(39(5)38-19)23-9-10-42-27(23)16-24(30(43)36-17-25-28(45-6)15-20(2)37-31(25)44)21(3)29(42)22(4)41-13-11-40(12-14-41)18-32(33,34)35/h7-10,15-16,22,38H,11-14,17-18H2,1-6H3,(H,36,43)(H,37,44). The lowest BCUT2D eigenvalue weighted by Gasteiger charge is -2.39. The molecule has 1 atom stereocenters. The number of methoxy groups -OCH3 is 1. The van der Waals surface area contributed by atoms with Crippen LogP contribution in [0.5, 0.6) is 5.75 Å². The lowest BCUT2D eigenvalue weighted by Crippen LogP contribution is -2.49. The number of halogens is 3. The topological polar surface area (TPSA) is 97.3 Å². The van der Waals surface area contributed by atoms with Crippen molar-refractivity contribution in [2.24, 2.45) is 0 Å². The molecule has 0 radical (unpaired) electrons. The van der Waals surface area contributed by atoms with Crippen molar-refractivity contribution in [1.82, 2.24) is 34.9 Å². The second-order valence-corrected chi connectivity index (χ2v) is 11.7. The van der Waals surface area contributed by atoms with Crippen molar-refractivity contribution in [2.75, 3.05) is 46.9 Å². The van der Waals surface area contributed by atoms with Crippen LogP contribution in [0.15, 0.2) is 47.0 Å². The molecule has 2 aliphatic rings. The number of aromatic amines is 1. The summed E-state index contributed by atoms with van der Waals surface area (Å²) in [6, 6.07) is 5.36. The van der Waals surface area contributed by atoms with E-state index in [0.29, 0.717) is 48.7 Å². The van der Waals surface area contributed by atoms with Crippen LogP contribution in [-0.4, -0.2) is 83.2 Å². The highest BCUT2D eigenvalue weighted by atomic mass is 19.4. The molecule has 13 heteroatoms. The van der Waals surface area contributed by atoms with Gasteiger partial charge in [0.15, 0.2) is 0 Å². The van der Waals surface area contributed by atoms with Crippen molar-refractivity contribution in [2.45, 2.75) is 46.5 Å². The molecular weight excluding hydrogens is 587 g/mol. The fourth-order valence-electron chi connectivity index (χ4n) is 6.32. The molecule has 3 aromatic heterocycles. The van der Waals surface area contributed by atoms with Gasteiger partial charge in [0.25, 0.3) is 11.5 Å². The van der Waals surface area contributed by atoms with E-state index >= 15 is 0 Å². The van der Waals surface area contributed by atoms with Crippen molar-refractivity contribution >= 4 is 17.1 Å². The van der Waals surface area contributed by atoms with Crippen molar-refractivity contribution in [3.8, 4) is 5.75 Å². The number of nitrogens with zero attached hydrogens (tertiary/aromatic N) is 4. The molecule has 0 saturated carbocycles. The van der Waals surface area contributed by atoms with Crippen LogP contribution in [0.1, 0.15) is 58.3 Å². The lowest BCUT2D eigenvalue weighted by molar-refractivity contribution is -0.149. The smallest absolute Gasteiger partial charge is 0.401 e. The number of hydrogen-bond donors (Lipinski definition) is 3. The van der Waals surface area contributed by atoms with E-state index in [9.17, 15) is 22.8 Å². The first kappa shape index (κ1) is 32.2. The summed E-state index contributed by atoms with van der Waals surface area (Å²) >= 11 is 0. The number of amides is 1. The van der Waals surface area contributed by atoms with Gasteiger partial charge in [-0.2, -0.15) is 13.2 Å². The normalized spacial score (nSPS) is 17.1. The minimum atomic E-state index is -4.24. The van der Waals surface area contributed by atoms with Gasteiger partial charge in [0.1, 0.15) is 5.75 Å². The Hall–Kier alpha value is -4.23. The lowest BCUT2D eigenvalue weighted by atomic mass is 9.99. The molecule has 242 valence electrons. The van der Waals surface area contributed by atoms with Crippen LogP contribution < -0.4 is 21.0 Å². The van der Waals surface area contributed by atoms with Gasteiger partial charge in [-0.25, -0.2) is 0 Å². The van der Waals surface area contributed by atoms with Gasteiger partial charge in [-0.3, -0.25) is 24.4 Å². The summed E-state index contributed by atoms with van der Waals surface area (Å²) in [4.78, 5) is 32.9. The monoisotopic (exact) mass is 627 g/mol. The van der Waals surface area contributed by atoms with Crippen LogP contribution in [0.4, 0.5) is 13.2 Å². The Kier molecular flexibility index (Phi) is 9.04. The van der Waals surface area contributed by atoms with E-state index in [1.807, 2.05) is 63.3 Å². The number of fused-ring (bicyclic) bond motifs is 1. The van der Waals surface area contributed by atoms with E-state index in [0.717, 1.165) is 33.7 Å². The van der Waals surface area contributed by atoms with Crippen molar-refractivity contribution in [1.29, 1.82) is 0 Å². The van der Waals surface area contributed by atoms with Gasteiger partial charge >= 0.3 is 6.18 Å². The molecule has 0 aliphatic carbocycles.